The fourth-order valence-corrected chi connectivity index (χ4v) is 3.96. The molecular weight excluding hydrogens is 356 g/mol. The first-order valence-corrected chi connectivity index (χ1v) is 9.81. The highest BCUT2D eigenvalue weighted by atomic mass is 35.5. The first-order chi connectivity index (χ1) is 12.2. The molecule has 0 aliphatic carbocycles. The van der Waals surface area contributed by atoms with E-state index in [1.54, 1.807) is 11.3 Å². The van der Waals surface area contributed by atoms with Gasteiger partial charge in [-0.05, 0) is 42.8 Å². The molecule has 4 nitrogen and oxygen atoms in total. The van der Waals surface area contributed by atoms with E-state index < -0.39 is 0 Å². The smallest absolute Gasteiger partial charge is 0.225 e. The molecule has 2 heterocycles. The summed E-state index contributed by atoms with van der Waals surface area (Å²) in [6.45, 7) is 5.38. The molecule has 0 atom stereocenters. The Labute approximate surface area is 157 Å². The minimum atomic E-state index is 0.0893. The summed E-state index contributed by atoms with van der Waals surface area (Å²) in [4.78, 5) is 16.7. The zero-order valence-corrected chi connectivity index (χ0v) is 15.7. The summed E-state index contributed by atoms with van der Waals surface area (Å²) in [5, 5.41) is 3.75. The van der Waals surface area contributed by atoms with E-state index in [-0.39, 0.29) is 5.91 Å². The lowest BCUT2D eigenvalue weighted by molar-refractivity contribution is -0.120. The first-order valence-electron chi connectivity index (χ1n) is 8.62. The first kappa shape index (κ1) is 18.4. The molecule has 1 N–H and O–H groups in total. The number of hydrogen-bond donors (Lipinski definition) is 1. The normalized spacial score (nSPS) is 15.2. The second-order valence-corrected chi connectivity index (χ2v) is 7.71. The van der Waals surface area contributed by atoms with Crippen LogP contribution in [0.5, 0.6) is 0 Å². The second-order valence-electron chi connectivity index (χ2n) is 6.11. The van der Waals surface area contributed by atoms with Crippen molar-refractivity contribution in [2.75, 3.05) is 39.4 Å². The Hall–Kier alpha value is -1.40. The zero-order chi connectivity index (χ0) is 17.5. The van der Waals surface area contributed by atoms with E-state index in [1.807, 2.05) is 30.3 Å². The van der Waals surface area contributed by atoms with Crippen molar-refractivity contribution >= 4 is 28.8 Å². The predicted octanol–water partition coefficient (Wildman–Crippen LogP) is 3.45. The average Bonchev–Trinajstić information content (AvgIpc) is 3.09. The Morgan fingerprint density at radius 3 is 2.68 bits per heavy atom. The van der Waals surface area contributed by atoms with E-state index in [1.165, 1.54) is 0 Å². The van der Waals surface area contributed by atoms with E-state index in [0.717, 1.165) is 66.2 Å². The van der Waals surface area contributed by atoms with Gasteiger partial charge >= 0.3 is 0 Å². The third-order valence-corrected chi connectivity index (χ3v) is 5.59. The van der Waals surface area contributed by atoms with Crippen LogP contribution in [0.3, 0.4) is 0 Å². The third kappa shape index (κ3) is 5.82. The molecule has 1 aromatic carbocycles. The van der Waals surface area contributed by atoms with Gasteiger partial charge in [-0.1, -0.05) is 23.7 Å². The van der Waals surface area contributed by atoms with E-state index >= 15 is 0 Å². The molecule has 0 unspecified atom stereocenters. The highest BCUT2D eigenvalue weighted by molar-refractivity contribution is 7.15. The topological polar surface area (TPSA) is 41.6 Å². The van der Waals surface area contributed by atoms with Crippen LogP contribution in [0.15, 0.2) is 36.4 Å². The number of amides is 1. The molecule has 25 heavy (non-hydrogen) atoms. The minimum absolute atomic E-state index is 0.0893. The fraction of sp³-hybridized carbons (Fsp3) is 0.421. The van der Waals surface area contributed by atoms with Crippen molar-refractivity contribution in [1.82, 2.24) is 10.2 Å². The SMILES string of the molecule is O=C(Cc1ccc(-c2ccc(Cl)cc2)s1)NCCCN1CCOCC1. The van der Waals surface area contributed by atoms with Gasteiger partial charge in [-0.15, -0.1) is 11.3 Å². The highest BCUT2D eigenvalue weighted by Gasteiger charge is 2.10. The van der Waals surface area contributed by atoms with Crippen LogP contribution in [0.4, 0.5) is 0 Å². The molecular formula is C19H23ClN2O2S. The number of nitrogens with one attached hydrogen (secondary N) is 1. The summed E-state index contributed by atoms with van der Waals surface area (Å²) < 4.78 is 5.33. The van der Waals surface area contributed by atoms with E-state index in [9.17, 15) is 4.79 Å². The van der Waals surface area contributed by atoms with Gasteiger partial charge in [0.15, 0.2) is 0 Å². The number of rotatable bonds is 7. The van der Waals surface area contributed by atoms with E-state index in [4.69, 9.17) is 16.3 Å². The Bertz CT molecular complexity index is 681. The van der Waals surface area contributed by atoms with Crippen LogP contribution in [-0.2, 0) is 16.0 Å². The lowest BCUT2D eigenvalue weighted by Crippen LogP contribution is -2.38. The summed E-state index contributed by atoms with van der Waals surface area (Å²) in [5.41, 5.74) is 1.13. The van der Waals surface area contributed by atoms with Gasteiger partial charge in [-0.3, -0.25) is 9.69 Å². The van der Waals surface area contributed by atoms with Crippen LogP contribution in [0, 0.1) is 0 Å². The number of thiophene rings is 1. The number of halogens is 1. The standard InChI is InChI=1S/C19H23ClN2O2S/c20-16-4-2-15(3-5-16)18-7-6-17(25-18)14-19(23)21-8-1-9-22-10-12-24-13-11-22/h2-7H,1,8-14H2,(H,21,23). The maximum atomic E-state index is 12.1. The number of carbonyl (C=O) groups is 1. The van der Waals surface area contributed by atoms with Crippen LogP contribution in [0.25, 0.3) is 10.4 Å². The van der Waals surface area contributed by atoms with Crippen LogP contribution in [0.2, 0.25) is 5.02 Å². The summed E-state index contributed by atoms with van der Waals surface area (Å²) in [5.74, 6) is 0.0893. The lowest BCUT2D eigenvalue weighted by atomic mass is 10.2. The number of morpholine rings is 1. The van der Waals surface area contributed by atoms with Gasteiger partial charge in [0.05, 0.1) is 19.6 Å². The van der Waals surface area contributed by atoms with Gasteiger partial charge in [0.1, 0.15) is 0 Å². The van der Waals surface area contributed by atoms with Crippen molar-refractivity contribution in [2.24, 2.45) is 0 Å². The summed E-state index contributed by atoms with van der Waals surface area (Å²) in [6, 6.07) is 11.9. The molecule has 0 spiro atoms. The number of carbonyl (C=O) groups excluding carboxylic acids is 1. The molecule has 3 rings (SSSR count). The Morgan fingerprint density at radius 1 is 1.16 bits per heavy atom. The number of nitrogens with zero attached hydrogens (tertiary/aromatic N) is 1. The molecule has 6 heteroatoms. The largest absolute Gasteiger partial charge is 0.379 e. The third-order valence-electron chi connectivity index (χ3n) is 4.20. The van der Waals surface area contributed by atoms with Gasteiger partial charge in [-0.2, -0.15) is 0 Å². The van der Waals surface area contributed by atoms with Crippen molar-refractivity contribution in [3.63, 3.8) is 0 Å². The Balaban J connectivity index is 1.40. The maximum Gasteiger partial charge on any atom is 0.225 e. The summed E-state index contributed by atoms with van der Waals surface area (Å²) in [7, 11) is 0. The zero-order valence-electron chi connectivity index (χ0n) is 14.2. The van der Waals surface area contributed by atoms with Crippen molar-refractivity contribution in [2.45, 2.75) is 12.8 Å². The van der Waals surface area contributed by atoms with Gasteiger partial charge < -0.3 is 10.1 Å². The van der Waals surface area contributed by atoms with E-state index in [2.05, 4.69) is 16.3 Å². The van der Waals surface area contributed by atoms with E-state index in [0.29, 0.717) is 6.42 Å². The number of ether oxygens (including phenoxy) is 1. The molecule has 1 amide bonds. The van der Waals surface area contributed by atoms with Crippen LogP contribution in [0.1, 0.15) is 11.3 Å². The molecule has 134 valence electrons. The van der Waals surface area contributed by atoms with Gasteiger partial charge in [0.2, 0.25) is 5.91 Å². The molecule has 1 saturated heterocycles. The molecule has 2 aromatic rings. The second kappa shape index (κ2) is 9.34. The maximum absolute atomic E-state index is 12.1. The van der Waals surface area contributed by atoms with Gasteiger partial charge in [0.25, 0.3) is 0 Å². The molecule has 0 radical (unpaired) electrons. The van der Waals surface area contributed by atoms with Gasteiger partial charge in [0, 0.05) is 34.4 Å². The molecule has 1 aliphatic heterocycles. The van der Waals surface area contributed by atoms with Crippen LogP contribution < -0.4 is 5.32 Å². The molecule has 1 aromatic heterocycles. The molecule has 1 fully saturated rings. The Morgan fingerprint density at radius 2 is 1.92 bits per heavy atom. The van der Waals surface area contributed by atoms with Gasteiger partial charge in [-0.25, -0.2) is 0 Å². The minimum Gasteiger partial charge on any atom is -0.379 e. The lowest BCUT2D eigenvalue weighted by Gasteiger charge is -2.26. The van der Waals surface area contributed by atoms with Crippen LogP contribution >= 0.6 is 22.9 Å². The Kier molecular flexibility index (Phi) is 6.87. The quantitative estimate of drug-likeness (QED) is 0.750. The highest BCUT2D eigenvalue weighted by Crippen LogP contribution is 2.29. The predicted molar refractivity (Wildman–Crippen MR) is 103 cm³/mol. The molecule has 0 saturated carbocycles. The fourth-order valence-electron chi connectivity index (χ4n) is 2.82. The molecule has 1 aliphatic rings. The average molecular weight is 379 g/mol. The van der Waals surface area contributed by atoms with Crippen LogP contribution in [-0.4, -0.2) is 50.2 Å². The van der Waals surface area contributed by atoms with Crippen molar-refractivity contribution in [3.05, 3.63) is 46.3 Å². The van der Waals surface area contributed by atoms with Crippen molar-refractivity contribution in [1.29, 1.82) is 0 Å². The monoisotopic (exact) mass is 378 g/mol. The summed E-state index contributed by atoms with van der Waals surface area (Å²) >= 11 is 7.58. The number of benzene rings is 1. The summed E-state index contributed by atoms with van der Waals surface area (Å²) in [6.07, 6.45) is 1.42. The molecule has 0 bridgehead atoms. The van der Waals surface area contributed by atoms with Crippen molar-refractivity contribution < 1.29 is 9.53 Å². The van der Waals surface area contributed by atoms with Crippen molar-refractivity contribution in [3.8, 4) is 10.4 Å². The number of hydrogen-bond acceptors (Lipinski definition) is 4.